The van der Waals surface area contributed by atoms with Crippen LogP contribution in [0.1, 0.15) is 30.4 Å². The molecule has 0 saturated carbocycles. The molecule has 1 aromatic rings. The van der Waals surface area contributed by atoms with Gasteiger partial charge in [0.1, 0.15) is 0 Å². The lowest BCUT2D eigenvalue weighted by molar-refractivity contribution is -0.0463. The summed E-state index contributed by atoms with van der Waals surface area (Å²) in [6.45, 7) is 6.38. The molecule has 110 valence electrons. The lowest BCUT2D eigenvalue weighted by Gasteiger charge is -2.39. The average molecular weight is 274 g/mol. The highest BCUT2D eigenvalue weighted by atomic mass is 16.5. The van der Waals surface area contributed by atoms with E-state index in [4.69, 9.17) is 4.74 Å². The lowest BCUT2D eigenvalue weighted by atomic mass is 9.74. The number of fused-ring (bicyclic) bond motifs is 1. The van der Waals surface area contributed by atoms with E-state index < -0.39 is 0 Å². The van der Waals surface area contributed by atoms with Gasteiger partial charge in [-0.1, -0.05) is 31.2 Å². The molecule has 1 N–H and O–H groups in total. The van der Waals surface area contributed by atoms with E-state index in [9.17, 15) is 0 Å². The molecular formula is C17H26N2O. The van der Waals surface area contributed by atoms with Gasteiger partial charge in [0.05, 0.1) is 12.7 Å². The van der Waals surface area contributed by atoms with Crippen molar-refractivity contribution in [1.29, 1.82) is 0 Å². The molecule has 20 heavy (non-hydrogen) atoms. The van der Waals surface area contributed by atoms with Gasteiger partial charge in [0.2, 0.25) is 0 Å². The van der Waals surface area contributed by atoms with Gasteiger partial charge < -0.3 is 10.1 Å². The average Bonchev–Trinajstić information content (AvgIpc) is 2.48. The Bertz CT molecular complexity index is 448. The van der Waals surface area contributed by atoms with Crippen LogP contribution in [0.4, 0.5) is 0 Å². The van der Waals surface area contributed by atoms with Crippen molar-refractivity contribution in [3.8, 4) is 0 Å². The number of hydrogen-bond donors (Lipinski definition) is 1. The molecule has 0 amide bonds. The van der Waals surface area contributed by atoms with Crippen molar-refractivity contribution in [1.82, 2.24) is 10.2 Å². The lowest BCUT2D eigenvalue weighted by Crippen LogP contribution is -2.52. The molecule has 3 atom stereocenters. The Morgan fingerprint density at radius 3 is 3.00 bits per heavy atom. The third-order valence-corrected chi connectivity index (χ3v) is 4.94. The number of ether oxygens (including phenoxy) is 1. The van der Waals surface area contributed by atoms with Crippen molar-refractivity contribution in [2.24, 2.45) is 0 Å². The van der Waals surface area contributed by atoms with E-state index in [-0.39, 0.29) is 0 Å². The highest BCUT2D eigenvalue weighted by Crippen LogP contribution is 2.38. The van der Waals surface area contributed by atoms with Crippen LogP contribution in [0.15, 0.2) is 24.3 Å². The molecule has 1 saturated heterocycles. The maximum atomic E-state index is 6.02. The van der Waals surface area contributed by atoms with E-state index >= 15 is 0 Å². The summed E-state index contributed by atoms with van der Waals surface area (Å²) in [6.07, 6.45) is 2.76. The number of nitrogens with zero attached hydrogens (tertiary/aromatic N) is 1. The summed E-state index contributed by atoms with van der Waals surface area (Å²) in [5.41, 5.74) is 3.09. The van der Waals surface area contributed by atoms with Crippen molar-refractivity contribution in [2.45, 2.75) is 37.8 Å². The number of rotatable bonds is 5. The maximum absolute atomic E-state index is 6.02. The Morgan fingerprint density at radius 2 is 2.25 bits per heavy atom. The summed E-state index contributed by atoms with van der Waals surface area (Å²) < 4.78 is 6.02. The zero-order valence-electron chi connectivity index (χ0n) is 12.6. The van der Waals surface area contributed by atoms with Gasteiger partial charge in [0.15, 0.2) is 0 Å². The maximum Gasteiger partial charge on any atom is 0.0855 e. The first-order chi connectivity index (χ1) is 9.81. The fourth-order valence-corrected chi connectivity index (χ4v) is 3.60. The predicted molar refractivity (Wildman–Crippen MR) is 82.2 cm³/mol. The van der Waals surface area contributed by atoms with Crippen LogP contribution in [0.3, 0.4) is 0 Å². The first-order valence-corrected chi connectivity index (χ1v) is 7.90. The van der Waals surface area contributed by atoms with E-state index in [0.29, 0.717) is 18.1 Å². The van der Waals surface area contributed by atoms with Crippen LogP contribution < -0.4 is 5.32 Å². The van der Waals surface area contributed by atoms with Crippen molar-refractivity contribution < 1.29 is 4.74 Å². The second kappa shape index (κ2) is 6.25. The quantitative estimate of drug-likeness (QED) is 0.889. The Balaban J connectivity index is 1.61. The monoisotopic (exact) mass is 274 g/mol. The van der Waals surface area contributed by atoms with Crippen LogP contribution in [0.2, 0.25) is 0 Å². The zero-order valence-corrected chi connectivity index (χ0v) is 12.6. The molecule has 3 nitrogen and oxygen atoms in total. The van der Waals surface area contributed by atoms with Gasteiger partial charge in [-0.25, -0.2) is 0 Å². The molecule has 3 rings (SSSR count). The number of morpholine rings is 1. The van der Waals surface area contributed by atoms with Crippen LogP contribution in [-0.2, 0) is 11.2 Å². The van der Waals surface area contributed by atoms with Gasteiger partial charge in [-0.05, 0) is 43.5 Å². The van der Waals surface area contributed by atoms with Crippen molar-refractivity contribution in [3.63, 3.8) is 0 Å². The Morgan fingerprint density at radius 1 is 1.40 bits per heavy atom. The molecule has 0 aromatic heterocycles. The second-order valence-corrected chi connectivity index (χ2v) is 6.03. The van der Waals surface area contributed by atoms with E-state index in [0.717, 1.165) is 26.2 Å². The normalized spacial score (nSPS) is 27.7. The van der Waals surface area contributed by atoms with Crippen LogP contribution in [0.25, 0.3) is 0 Å². The van der Waals surface area contributed by atoms with Crippen molar-refractivity contribution in [2.75, 3.05) is 33.3 Å². The first kappa shape index (κ1) is 14.1. The summed E-state index contributed by atoms with van der Waals surface area (Å²) in [7, 11) is 2.07. The van der Waals surface area contributed by atoms with Gasteiger partial charge in [-0.3, -0.25) is 4.90 Å². The summed E-state index contributed by atoms with van der Waals surface area (Å²) in [4.78, 5) is 2.49. The molecule has 1 aromatic carbocycles. The zero-order chi connectivity index (χ0) is 13.9. The number of nitrogens with one attached hydrogen (secondary N) is 1. The minimum absolute atomic E-state index is 0.335. The van der Waals surface area contributed by atoms with E-state index in [1.54, 1.807) is 5.56 Å². The van der Waals surface area contributed by atoms with E-state index in [1.165, 1.54) is 18.4 Å². The van der Waals surface area contributed by atoms with Crippen LogP contribution >= 0.6 is 0 Å². The first-order valence-electron chi connectivity index (χ1n) is 7.90. The predicted octanol–water partition coefficient (Wildman–Crippen LogP) is 2.03. The standard InChI is InChI=1S/C17H26N2O/c1-3-19-8-9-20-17(12-19)16(18-2)11-14-10-13-6-4-5-7-15(13)14/h4-7,14,16-18H,3,8-12H2,1-2H3. The Hall–Kier alpha value is -0.900. The van der Waals surface area contributed by atoms with Crippen LogP contribution in [0.5, 0.6) is 0 Å². The van der Waals surface area contributed by atoms with Crippen molar-refractivity contribution >= 4 is 0 Å². The highest BCUT2D eigenvalue weighted by Gasteiger charge is 2.33. The summed E-state index contributed by atoms with van der Waals surface area (Å²) >= 11 is 0. The van der Waals surface area contributed by atoms with Gasteiger partial charge in [0.25, 0.3) is 0 Å². The molecule has 3 unspecified atom stereocenters. The molecule has 1 aliphatic heterocycles. The van der Waals surface area contributed by atoms with Gasteiger partial charge >= 0.3 is 0 Å². The fourth-order valence-electron chi connectivity index (χ4n) is 3.60. The minimum Gasteiger partial charge on any atom is -0.374 e. The highest BCUT2D eigenvalue weighted by molar-refractivity contribution is 5.40. The third kappa shape index (κ3) is 2.76. The van der Waals surface area contributed by atoms with Gasteiger partial charge in [-0.2, -0.15) is 0 Å². The summed E-state index contributed by atoms with van der Waals surface area (Å²) in [5.74, 6) is 0.712. The number of hydrogen-bond acceptors (Lipinski definition) is 3. The van der Waals surface area contributed by atoms with Crippen LogP contribution in [-0.4, -0.2) is 50.3 Å². The topological polar surface area (TPSA) is 24.5 Å². The van der Waals surface area contributed by atoms with E-state index in [1.807, 2.05) is 0 Å². The Labute approximate surface area is 122 Å². The molecule has 0 bridgehead atoms. The summed E-state index contributed by atoms with van der Waals surface area (Å²) in [6, 6.07) is 9.32. The largest absolute Gasteiger partial charge is 0.374 e. The number of likely N-dealkylation sites (N-methyl/N-ethyl adjacent to an activating group) is 2. The second-order valence-electron chi connectivity index (χ2n) is 6.03. The molecule has 1 aliphatic carbocycles. The van der Waals surface area contributed by atoms with Gasteiger partial charge in [-0.15, -0.1) is 0 Å². The third-order valence-electron chi connectivity index (χ3n) is 4.94. The van der Waals surface area contributed by atoms with E-state index in [2.05, 4.69) is 48.5 Å². The fraction of sp³-hybridized carbons (Fsp3) is 0.647. The minimum atomic E-state index is 0.335. The SMILES string of the molecule is CCN1CCOC(C(CC2Cc3ccccc32)NC)C1. The smallest absolute Gasteiger partial charge is 0.0855 e. The number of benzene rings is 1. The summed E-state index contributed by atoms with van der Waals surface area (Å²) in [5, 5.41) is 3.49. The molecular weight excluding hydrogens is 248 g/mol. The molecule has 1 fully saturated rings. The van der Waals surface area contributed by atoms with Crippen LogP contribution in [0, 0.1) is 0 Å². The van der Waals surface area contributed by atoms with Crippen molar-refractivity contribution in [3.05, 3.63) is 35.4 Å². The molecule has 1 heterocycles. The Kier molecular flexibility index (Phi) is 4.39. The molecule has 2 aliphatic rings. The molecule has 0 radical (unpaired) electrons. The molecule has 3 heteroatoms. The van der Waals surface area contributed by atoms with Gasteiger partial charge in [0, 0.05) is 19.1 Å². The molecule has 0 spiro atoms.